The van der Waals surface area contributed by atoms with E-state index in [0.717, 1.165) is 10.3 Å². The second-order valence-corrected chi connectivity index (χ2v) is 6.03. The van der Waals surface area contributed by atoms with E-state index in [2.05, 4.69) is 22.3 Å². The molecule has 1 heterocycles. The summed E-state index contributed by atoms with van der Waals surface area (Å²) in [5.41, 5.74) is 3.25. The van der Waals surface area contributed by atoms with Gasteiger partial charge in [0.25, 0.3) is 0 Å². The number of aromatic nitrogens is 1. The summed E-state index contributed by atoms with van der Waals surface area (Å²) in [6.45, 7) is 3.60. The van der Waals surface area contributed by atoms with Crippen LogP contribution in [0.1, 0.15) is 13.8 Å². The molecule has 0 aliphatic heterocycles. The van der Waals surface area contributed by atoms with Crippen LogP contribution < -0.4 is 4.80 Å². The minimum absolute atomic E-state index is 0.0707. The summed E-state index contributed by atoms with van der Waals surface area (Å²) in [7, 11) is 1.98. The van der Waals surface area contributed by atoms with Gasteiger partial charge in [0, 0.05) is 7.05 Å². The highest BCUT2D eigenvalue weighted by atomic mass is 32.1. The molecular formula is C16H15N3OS. The first-order valence-electron chi connectivity index (χ1n) is 6.64. The van der Waals surface area contributed by atoms with Gasteiger partial charge in [-0.2, -0.15) is 0 Å². The van der Waals surface area contributed by atoms with Gasteiger partial charge in [0.2, 0.25) is 4.80 Å². The average Bonchev–Trinajstić information content (AvgIpc) is 2.79. The third-order valence-corrected chi connectivity index (χ3v) is 4.51. The molecule has 4 nitrogen and oxygen atoms in total. The lowest BCUT2D eigenvalue weighted by Gasteiger charge is -2.06. The van der Waals surface area contributed by atoms with Crippen molar-refractivity contribution in [2.45, 2.75) is 13.8 Å². The van der Waals surface area contributed by atoms with Crippen LogP contribution in [0.25, 0.3) is 10.2 Å². The number of hydrogen-bond acceptors (Lipinski definition) is 4. The normalized spacial score (nSPS) is 16.2. The number of carbonyl (C=O) groups is 1. The van der Waals surface area contributed by atoms with Gasteiger partial charge in [0.05, 0.1) is 15.9 Å². The molecule has 0 fully saturated rings. The van der Waals surface area contributed by atoms with Gasteiger partial charge in [0.1, 0.15) is 0 Å². The Morgan fingerprint density at radius 1 is 1.05 bits per heavy atom. The van der Waals surface area contributed by atoms with E-state index >= 15 is 0 Å². The number of carbonyl (C=O) groups excluding carboxylic acids is 1. The maximum absolute atomic E-state index is 11.7. The van der Waals surface area contributed by atoms with E-state index in [1.807, 2.05) is 23.7 Å². The molecular weight excluding hydrogens is 282 g/mol. The lowest BCUT2D eigenvalue weighted by atomic mass is 9.98. The summed E-state index contributed by atoms with van der Waals surface area (Å²) in [5, 5.41) is 8.60. The van der Waals surface area contributed by atoms with E-state index in [0.29, 0.717) is 16.9 Å². The summed E-state index contributed by atoms with van der Waals surface area (Å²) < 4.78 is 3.20. The number of Topliss-reactive ketones (excluding diaryl/α,β-unsaturated/α-hetero) is 1. The monoisotopic (exact) mass is 297 g/mol. The van der Waals surface area contributed by atoms with Crippen LogP contribution in [0.5, 0.6) is 0 Å². The number of para-hydroxylation sites is 1. The van der Waals surface area contributed by atoms with Gasteiger partial charge >= 0.3 is 0 Å². The Morgan fingerprint density at radius 3 is 2.38 bits per heavy atom. The fourth-order valence-corrected chi connectivity index (χ4v) is 3.23. The first kappa shape index (κ1) is 13.7. The minimum atomic E-state index is 0.0707. The van der Waals surface area contributed by atoms with Crippen molar-refractivity contribution in [2.75, 3.05) is 0 Å². The quantitative estimate of drug-likeness (QED) is 0.589. The maximum atomic E-state index is 11.7. The molecule has 106 valence electrons. The summed E-state index contributed by atoms with van der Waals surface area (Å²) >= 11 is 1.60. The number of nitrogens with zero attached hydrogens (tertiary/aromatic N) is 3. The molecule has 5 heteroatoms. The number of benzene rings is 1. The van der Waals surface area contributed by atoms with Gasteiger partial charge < -0.3 is 4.57 Å². The van der Waals surface area contributed by atoms with Crippen LogP contribution in [-0.2, 0) is 11.8 Å². The summed E-state index contributed by atoms with van der Waals surface area (Å²) in [6, 6.07) is 8.15. The molecule has 1 aromatic heterocycles. The maximum Gasteiger partial charge on any atom is 0.211 e. The molecule has 1 aliphatic carbocycles. The zero-order valence-corrected chi connectivity index (χ0v) is 12.9. The summed E-state index contributed by atoms with van der Waals surface area (Å²) in [6.07, 6.45) is 3.54. The van der Waals surface area contributed by atoms with E-state index in [1.54, 1.807) is 37.3 Å². The standard InChI is InChI=1S/C16H15N3OS/c1-10-8-12(9-11(2)15(10)20)17-18-16-19(3)13-6-4-5-7-14(13)21-16/h4-9H,1-3H3. The molecule has 1 aliphatic rings. The van der Waals surface area contributed by atoms with Gasteiger partial charge in [-0.05, 0) is 49.3 Å². The molecule has 0 radical (unpaired) electrons. The predicted octanol–water partition coefficient (Wildman–Crippen LogP) is 2.97. The molecule has 1 aromatic carbocycles. The number of ketones is 1. The molecule has 0 amide bonds. The lowest BCUT2D eigenvalue weighted by molar-refractivity contribution is -0.112. The molecule has 0 N–H and O–H groups in total. The first-order chi connectivity index (χ1) is 10.1. The summed E-state index contributed by atoms with van der Waals surface area (Å²) in [5.74, 6) is 0.0707. The number of aryl methyl sites for hydroxylation is 1. The van der Waals surface area contributed by atoms with Crippen LogP contribution >= 0.6 is 11.3 Å². The Bertz CT molecular complexity index is 870. The molecule has 0 spiro atoms. The second kappa shape index (κ2) is 5.26. The van der Waals surface area contributed by atoms with Crippen molar-refractivity contribution < 1.29 is 4.79 Å². The molecule has 0 bridgehead atoms. The minimum Gasteiger partial charge on any atom is -0.318 e. The van der Waals surface area contributed by atoms with E-state index in [1.165, 1.54) is 4.70 Å². The predicted molar refractivity (Wildman–Crippen MR) is 86.3 cm³/mol. The number of hydrogen-bond donors (Lipinski definition) is 0. The van der Waals surface area contributed by atoms with Crippen molar-refractivity contribution in [1.29, 1.82) is 0 Å². The number of thiazole rings is 1. The van der Waals surface area contributed by atoms with Crippen molar-refractivity contribution >= 4 is 33.0 Å². The topological polar surface area (TPSA) is 46.7 Å². The van der Waals surface area contributed by atoms with E-state index in [-0.39, 0.29) is 5.78 Å². The van der Waals surface area contributed by atoms with Gasteiger partial charge in [-0.25, -0.2) is 0 Å². The van der Waals surface area contributed by atoms with Crippen molar-refractivity contribution in [3.63, 3.8) is 0 Å². The van der Waals surface area contributed by atoms with Gasteiger partial charge in [-0.3, -0.25) is 4.79 Å². The summed E-state index contributed by atoms with van der Waals surface area (Å²) in [4.78, 5) is 12.5. The fourth-order valence-electron chi connectivity index (χ4n) is 2.26. The number of fused-ring (bicyclic) bond motifs is 1. The van der Waals surface area contributed by atoms with Crippen LogP contribution in [0.15, 0.2) is 57.8 Å². The Balaban J connectivity index is 2.08. The molecule has 0 atom stereocenters. The van der Waals surface area contributed by atoms with E-state index in [9.17, 15) is 4.79 Å². The number of rotatable bonds is 1. The van der Waals surface area contributed by atoms with E-state index < -0.39 is 0 Å². The number of allylic oxidation sites excluding steroid dienone is 4. The average molecular weight is 297 g/mol. The molecule has 0 saturated heterocycles. The van der Waals surface area contributed by atoms with Crippen LogP contribution in [-0.4, -0.2) is 16.1 Å². The third-order valence-electron chi connectivity index (χ3n) is 3.41. The first-order valence-corrected chi connectivity index (χ1v) is 7.45. The molecule has 21 heavy (non-hydrogen) atoms. The van der Waals surface area contributed by atoms with Crippen LogP contribution in [0.2, 0.25) is 0 Å². The van der Waals surface area contributed by atoms with Gasteiger partial charge in [0.15, 0.2) is 5.78 Å². The molecule has 0 unspecified atom stereocenters. The van der Waals surface area contributed by atoms with Crippen LogP contribution in [0.4, 0.5) is 0 Å². The largest absolute Gasteiger partial charge is 0.318 e. The molecule has 0 saturated carbocycles. The van der Waals surface area contributed by atoms with E-state index in [4.69, 9.17) is 0 Å². The van der Waals surface area contributed by atoms with Crippen molar-refractivity contribution in [2.24, 2.45) is 17.3 Å². The SMILES string of the molecule is CC1=CC(=NN=c2sc3ccccc3n2C)C=C(C)C1=O. The lowest BCUT2D eigenvalue weighted by Crippen LogP contribution is -2.12. The Morgan fingerprint density at radius 2 is 1.71 bits per heavy atom. The molecule has 3 rings (SSSR count). The Kier molecular flexibility index (Phi) is 3.43. The zero-order chi connectivity index (χ0) is 15.0. The fraction of sp³-hybridized carbons (Fsp3) is 0.188. The van der Waals surface area contributed by atoms with Gasteiger partial charge in [-0.15, -0.1) is 10.2 Å². The third kappa shape index (κ3) is 2.52. The highest BCUT2D eigenvalue weighted by Crippen LogP contribution is 2.15. The highest BCUT2D eigenvalue weighted by molar-refractivity contribution is 7.16. The van der Waals surface area contributed by atoms with Crippen molar-refractivity contribution in [3.05, 3.63) is 52.4 Å². The smallest absolute Gasteiger partial charge is 0.211 e. The zero-order valence-electron chi connectivity index (χ0n) is 12.1. The van der Waals surface area contributed by atoms with Crippen molar-refractivity contribution in [3.8, 4) is 0 Å². The van der Waals surface area contributed by atoms with Crippen LogP contribution in [0, 0.1) is 0 Å². The highest BCUT2D eigenvalue weighted by Gasteiger charge is 2.13. The van der Waals surface area contributed by atoms with Crippen LogP contribution in [0.3, 0.4) is 0 Å². The van der Waals surface area contributed by atoms with Crippen molar-refractivity contribution in [1.82, 2.24) is 4.57 Å². The van der Waals surface area contributed by atoms with Gasteiger partial charge in [-0.1, -0.05) is 23.5 Å². The molecule has 2 aromatic rings. The Labute approximate surface area is 126 Å². The second-order valence-electron chi connectivity index (χ2n) is 5.02. The Hall–Kier alpha value is -2.27.